The standard InChI is InChI=1S/C16H26N2O2/c1-12-10-15(16(19)11-17-8-9-20-3)13(2)18(12)14-6-4-5-7-14/h10,14,17H,4-9,11H2,1-3H3. The van der Waals surface area contributed by atoms with Crippen molar-refractivity contribution in [2.75, 3.05) is 26.8 Å². The number of rotatable bonds is 7. The molecule has 1 saturated carbocycles. The van der Waals surface area contributed by atoms with Crippen LogP contribution in [0.5, 0.6) is 0 Å². The van der Waals surface area contributed by atoms with Gasteiger partial charge in [0.05, 0.1) is 13.2 Å². The molecule has 2 rings (SSSR count). The maximum Gasteiger partial charge on any atom is 0.178 e. The number of ketones is 1. The van der Waals surface area contributed by atoms with Gasteiger partial charge < -0.3 is 14.6 Å². The zero-order valence-electron chi connectivity index (χ0n) is 12.9. The van der Waals surface area contributed by atoms with Crippen LogP contribution in [0, 0.1) is 13.8 Å². The van der Waals surface area contributed by atoms with Crippen LogP contribution in [0.25, 0.3) is 0 Å². The van der Waals surface area contributed by atoms with E-state index in [4.69, 9.17) is 4.74 Å². The van der Waals surface area contributed by atoms with Gasteiger partial charge in [-0.2, -0.15) is 0 Å². The molecule has 0 aliphatic heterocycles. The van der Waals surface area contributed by atoms with Gasteiger partial charge in [0.15, 0.2) is 5.78 Å². The van der Waals surface area contributed by atoms with E-state index in [0.717, 1.165) is 11.3 Å². The lowest BCUT2D eigenvalue weighted by atomic mass is 10.1. The Morgan fingerprint density at radius 2 is 2.10 bits per heavy atom. The first kappa shape index (κ1) is 15.3. The second kappa shape index (κ2) is 7.04. The number of carbonyl (C=O) groups is 1. The van der Waals surface area contributed by atoms with Crippen molar-refractivity contribution in [3.05, 3.63) is 23.0 Å². The number of hydrogen-bond acceptors (Lipinski definition) is 3. The number of hydrogen-bond donors (Lipinski definition) is 1. The van der Waals surface area contributed by atoms with Gasteiger partial charge in [-0.05, 0) is 32.8 Å². The number of nitrogens with one attached hydrogen (secondary N) is 1. The van der Waals surface area contributed by atoms with Crippen molar-refractivity contribution >= 4 is 5.78 Å². The Bertz CT molecular complexity index is 459. The van der Waals surface area contributed by atoms with Crippen LogP contribution in [0.4, 0.5) is 0 Å². The van der Waals surface area contributed by atoms with Crippen molar-refractivity contribution in [1.82, 2.24) is 9.88 Å². The van der Waals surface area contributed by atoms with Gasteiger partial charge in [0.1, 0.15) is 0 Å². The molecule has 1 aliphatic carbocycles. The summed E-state index contributed by atoms with van der Waals surface area (Å²) in [5.41, 5.74) is 3.22. The highest BCUT2D eigenvalue weighted by Gasteiger charge is 2.23. The van der Waals surface area contributed by atoms with Crippen LogP contribution in [-0.2, 0) is 4.74 Å². The largest absolute Gasteiger partial charge is 0.383 e. The van der Waals surface area contributed by atoms with Gasteiger partial charge in [-0.15, -0.1) is 0 Å². The molecule has 1 fully saturated rings. The zero-order valence-corrected chi connectivity index (χ0v) is 12.9. The molecule has 4 heteroatoms. The smallest absolute Gasteiger partial charge is 0.178 e. The molecule has 1 aromatic heterocycles. The first-order valence-electron chi connectivity index (χ1n) is 7.56. The summed E-state index contributed by atoms with van der Waals surface area (Å²) in [6, 6.07) is 2.64. The maximum atomic E-state index is 12.3. The van der Waals surface area contributed by atoms with E-state index in [1.54, 1.807) is 7.11 Å². The van der Waals surface area contributed by atoms with Crippen molar-refractivity contribution in [2.24, 2.45) is 0 Å². The number of carbonyl (C=O) groups excluding carboxylic acids is 1. The third-order valence-electron chi connectivity index (χ3n) is 4.24. The van der Waals surface area contributed by atoms with E-state index in [2.05, 4.69) is 23.7 Å². The first-order chi connectivity index (χ1) is 9.65. The van der Waals surface area contributed by atoms with Crippen molar-refractivity contribution in [2.45, 2.75) is 45.6 Å². The fourth-order valence-corrected chi connectivity index (χ4v) is 3.26. The minimum atomic E-state index is 0.179. The SMILES string of the molecule is COCCNCC(=O)c1cc(C)n(C2CCCC2)c1C. The highest BCUT2D eigenvalue weighted by Crippen LogP contribution is 2.33. The Hall–Kier alpha value is -1.13. The third kappa shape index (κ3) is 3.30. The number of aryl methyl sites for hydroxylation is 1. The second-order valence-electron chi connectivity index (χ2n) is 5.69. The predicted molar refractivity (Wildman–Crippen MR) is 80.5 cm³/mol. The van der Waals surface area contributed by atoms with Crippen LogP contribution in [0.15, 0.2) is 6.07 Å². The van der Waals surface area contributed by atoms with Crippen molar-refractivity contribution in [3.63, 3.8) is 0 Å². The van der Waals surface area contributed by atoms with Crippen LogP contribution in [0.2, 0.25) is 0 Å². The van der Waals surface area contributed by atoms with Gasteiger partial charge in [0, 0.05) is 36.6 Å². The van der Waals surface area contributed by atoms with E-state index in [0.29, 0.717) is 25.7 Å². The maximum absolute atomic E-state index is 12.3. The van der Waals surface area contributed by atoms with Crippen molar-refractivity contribution in [1.29, 1.82) is 0 Å². The van der Waals surface area contributed by atoms with Crippen LogP contribution in [0.1, 0.15) is 53.5 Å². The summed E-state index contributed by atoms with van der Waals surface area (Å²) in [7, 11) is 1.67. The summed E-state index contributed by atoms with van der Waals surface area (Å²) in [6.45, 7) is 5.92. The Balaban J connectivity index is 2.04. The van der Waals surface area contributed by atoms with Crippen molar-refractivity contribution in [3.8, 4) is 0 Å². The van der Waals surface area contributed by atoms with Gasteiger partial charge >= 0.3 is 0 Å². The fourth-order valence-electron chi connectivity index (χ4n) is 3.26. The monoisotopic (exact) mass is 278 g/mol. The summed E-state index contributed by atoms with van der Waals surface area (Å²) >= 11 is 0. The molecule has 1 aliphatic rings. The number of Topliss-reactive ketones (excluding diaryl/α,β-unsaturated/α-hetero) is 1. The Morgan fingerprint density at radius 1 is 1.40 bits per heavy atom. The van der Waals surface area contributed by atoms with Crippen LogP contribution in [-0.4, -0.2) is 37.2 Å². The lowest BCUT2D eigenvalue weighted by Crippen LogP contribution is -2.26. The van der Waals surface area contributed by atoms with Gasteiger partial charge in [0.25, 0.3) is 0 Å². The molecule has 0 aromatic carbocycles. The Morgan fingerprint density at radius 3 is 2.75 bits per heavy atom. The fraction of sp³-hybridized carbons (Fsp3) is 0.688. The van der Waals surface area contributed by atoms with E-state index < -0.39 is 0 Å². The molecule has 1 aromatic rings. The molecule has 0 amide bonds. The number of nitrogens with zero attached hydrogens (tertiary/aromatic N) is 1. The van der Waals surface area contributed by atoms with E-state index >= 15 is 0 Å². The normalized spacial score (nSPS) is 15.9. The molecule has 1 N–H and O–H groups in total. The van der Waals surface area contributed by atoms with Gasteiger partial charge in [-0.1, -0.05) is 12.8 Å². The average molecular weight is 278 g/mol. The summed E-state index contributed by atoms with van der Waals surface area (Å²) < 4.78 is 7.34. The summed E-state index contributed by atoms with van der Waals surface area (Å²) in [6.07, 6.45) is 5.11. The molecular formula is C16H26N2O2. The minimum Gasteiger partial charge on any atom is -0.383 e. The number of ether oxygens (including phenoxy) is 1. The minimum absolute atomic E-state index is 0.179. The third-order valence-corrected chi connectivity index (χ3v) is 4.24. The van der Waals surface area contributed by atoms with Gasteiger partial charge in [0.2, 0.25) is 0 Å². The highest BCUT2D eigenvalue weighted by atomic mass is 16.5. The van der Waals surface area contributed by atoms with E-state index in [-0.39, 0.29) is 5.78 Å². The zero-order chi connectivity index (χ0) is 14.5. The summed E-state index contributed by atoms with van der Waals surface area (Å²) in [4.78, 5) is 12.3. The topological polar surface area (TPSA) is 43.3 Å². The molecule has 112 valence electrons. The number of methoxy groups -OCH3 is 1. The second-order valence-corrected chi connectivity index (χ2v) is 5.69. The van der Waals surface area contributed by atoms with E-state index in [1.165, 1.54) is 31.4 Å². The Labute approximate surface area is 121 Å². The van der Waals surface area contributed by atoms with Gasteiger partial charge in [-0.3, -0.25) is 4.79 Å². The summed E-state index contributed by atoms with van der Waals surface area (Å²) in [5, 5.41) is 3.13. The molecule has 4 nitrogen and oxygen atoms in total. The van der Waals surface area contributed by atoms with Crippen LogP contribution in [0.3, 0.4) is 0 Å². The van der Waals surface area contributed by atoms with E-state index in [9.17, 15) is 4.79 Å². The molecule has 0 atom stereocenters. The van der Waals surface area contributed by atoms with E-state index in [1.807, 2.05) is 6.07 Å². The molecule has 0 radical (unpaired) electrons. The first-order valence-corrected chi connectivity index (χ1v) is 7.56. The highest BCUT2D eigenvalue weighted by molar-refractivity contribution is 5.99. The van der Waals surface area contributed by atoms with Crippen LogP contribution >= 0.6 is 0 Å². The number of aromatic nitrogens is 1. The lowest BCUT2D eigenvalue weighted by molar-refractivity contribution is 0.0987. The molecule has 0 spiro atoms. The molecule has 0 unspecified atom stereocenters. The molecule has 1 heterocycles. The average Bonchev–Trinajstić information content (AvgIpc) is 3.03. The quantitative estimate of drug-likeness (QED) is 0.616. The lowest BCUT2D eigenvalue weighted by Gasteiger charge is -2.17. The van der Waals surface area contributed by atoms with Crippen LogP contribution < -0.4 is 5.32 Å². The molecular weight excluding hydrogens is 252 g/mol. The Kier molecular flexibility index (Phi) is 5.38. The molecule has 0 bridgehead atoms. The predicted octanol–water partition coefficient (Wildman–Crippen LogP) is 2.64. The molecule has 20 heavy (non-hydrogen) atoms. The van der Waals surface area contributed by atoms with Gasteiger partial charge in [-0.25, -0.2) is 0 Å². The van der Waals surface area contributed by atoms with Crippen molar-refractivity contribution < 1.29 is 9.53 Å². The summed E-state index contributed by atoms with van der Waals surface area (Å²) in [5.74, 6) is 0.179. The molecule has 0 saturated heterocycles.